The molecule has 0 spiro atoms. The van der Waals surface area contributed by atoms with Crippen molar-refractivity contribution in [1.29, 1.82) is 0 Å². The number of hydrogen-bond acceptors (Lipinski definition) is 1. The lowest BCUT2D eigenvalue weighted by atomic mass is 10.0. The fraction of sp³-hybridized carbons (Fsp3) is 0.611. The summed E-state index contributed by atoms with van der Waals surface area (Å²) in [7, 11) is 0. The van der Waals surface area contributed by atoms with E-state index in [9.17, 15) is 4.79 Å². The van der Waals surface area contributed by atoms with Crippen LogP contribution in [-0.4, -0.2) is 23.9 Å². The van der Waals surface area contributed by atoms with Crippen molar-refractivity contribution >= 4 is 17.5 Å². The van der Waals surface area contributed by atoms with Gasteiger partial charge in [0.25, 0.3) is 0 Å². The summed E-state index contributed by atoms with van der Waals surface area (Å²) in [6.07, 6.45) is 4.72. The average Bonchev–Trinajstić information content (AvgIpc) is 2.44. The van der Waals surface area contributed by atoms with Crippen LogP contribution >= 0.6 is 11.6 Å². The van der Waals surface area contributed by atoms with Crippen LogP contribution in [0.2, 0.25) is 5.02 Å². The Balaban J connectivity index is 2.55. The number of nitrogens with zero attached hydrogens (tertiary/aromatic N) is 1. The summed E-state index contributed by atoms with van der Waals surface area (Å²) >= 11 is 6.03. The lowest BCUT2D eigenvalue weighted by molar-refractivity contribution is -0.132. The average molecular weight is 310 g/mol. The predicted octanol–water partition coefficient (Wildman–Crippen LogP) is 4.95. The quantitative estimate of drug-likeness (QED) is 0.632. The molecule has 1 unspecified atom stereocenters. The highest BCUT2D eigenvalue weighted by molar-refractivity contribution is 6.30. The van der Waals surface area contributed by atoms with Gasteiger partial charge in [-0.25, -0.2) is 0 Å². The van der Waals surface area contributed by atoms with E-state index in [4.69, 9.17) is 11.6 Å². The molecule has 0 N–H and O–H groups in total. The molecule has 0 fully saturated rings. The van der Waals surface area contributed by atoms with Crippen molar-refractivity contribution in [2.75, 3.05) is 13.1 Å². The highest BCUT2D eigenvalue weighted by Gasteiger charge is 2.15. The van der Waals surface area contributed by atoms with Gasteiger partial charge in [-0.1, -0.05) is 50.9 Å². The summed E-state index contributed by atoms with van der Waals surface area (Å²) < 4.78 is 0. The summed E-state index contributed by atoms with van der Waals surface area (Å²) in [5.41, 5.74) is 1.24. The summed E-state index contributed by atoms with van der Waals surface area (Å²) in [4.78, 5) is 14.3. The Morgan fingerprint density at radius 1 is 1.29 bits per heavy atom. The highest BCUT2D eigenvalue weighted by atomic mass is 35.5. The zero-order chi connectivity index (χ0) is 15.7. The number of benzene rings is 1. The van der Waals surface area contributed by atoms with E-state index in [1.165, 1.54) is 5.56 Å². The topological polar surface area (TPSA) is 20.3 Å². The highest BCUT2D eigenvalue weighted by Crippen LogP contribution is 2.16. The van der Waals surface area contributed by atoms with E-state index in [0.29, 0.717) is 18.2 Å². The number of unbranched alkanes of at least 4 members (excludes halogenated alkanes) is 1. The number of carbonyl (C=O) groups excluding carboxylic acids is 1. The Bertz CT molecular complexity index is 433. The molecule has 2 nitrogen and oxygen atoms in total. The Kier molecular flexibility index (Phi) is 8.44. The molecule has 21 heavy (non-hydrogen) atoms. The second-order valence-corrected chi connectivity index (χ2v) is 6.32. The second-order valence-electron chi connectivity index (χ2n) is 5.88. The molecular formula is C18H28ClNO. The van der Waals surface area contributed by atoms with Crippen LogP contribution < -0.4 is 0 Å². The summed E-state index contributed by atoms with van der Waals surface area (Å²) in [6.45, 7) is 8.16. The van der Waals surface area contributed by atoms with E-state index in [-0.39, 0.29) is 0 Å². The minimum absolute atomic E-state index is 0.302. The number of rotatable bonds is 9. The molecule has 118 valence electrons. The first-order valence-corrected chi connectivity index (χ1v) is 8.46. The van der Waals surface area contributed by atoms with Crippen LogP contribution in [0.15, 0.2) is 24.3 Å². The normalized spacial score (nSPS) is 12.2. The number of carbonyl (C=O) groups is 1. The van der Waals surface area contributed by atoms with E-state index >= 15 is 0 Å². The van der Waals surface area contributed by atoms with E-state index in [1.807, 2.05) is 23.1 Å². The van der Waals surface area contributed by atoms with Gasteiger partial charge in [-0.05, 0) is 42.9 Å². The lowest BCUT2D eigenvalue weighted by Gasteiger charge is -2.26. The fourth-order valence-corrected chi connectivity index (χ4v) is 2.79. The van der Waals surface area contributed by atoms with Gasteiger partial charge in [0.1, 0.15) is 0 Å². The molecule has 0 aliphatic rings. The first kappa shape index (κ1) is 18.0. The van der Waals surface area contributed by atoms with Crippen molar-refractivity contribution in [3.63, 3.8) is 0 Å². The predicted molar refractivity (Wildman–Crippen MR) is 90.7 cm³/mol. The van der Waals surface area contributed by atoms with Crippen LogP contribution in [0.3, 0.4) is 0 Å². The lowest BCUT2D eigenvalue weighted by Crippen LogP contribution is -2.35. The molecule has 1 aromatic rings. The monoisotopic (exact) mass is 309 g/mol. The standard InChI is InChI=1S/C18H28ClNO/c1-4-6-10-18(21)20(11-5-2)14-15(3)12-16-8-7-9-17(19)13-16/h7-9,13,15H,4-6,10-12,14H2,1-3H3. The van der Waals surface area contributed by atoms with E-state index in [0.717, 1.165) is 43.8 Å². The molecule has 0 saturated heterocycles. The number of amides is 1. The third-order valence-electron chi connectivity index (χ3n) is 3.60. The van der Waals surface area contributed by atoms with Crippen molar-refractivity contribution in [3.05, 3.63) is 34.9 Å². The first-order chi connectivity index (χ1) is 10.1. The molecule has 3 heteroatoms. The summed E-state index contributed by atoms with van der Waals surface area (Å²) in [5, 5.41) is 0.782. The molecule has 1 atom stereocenters. The smallest absolute Gasteiger partial charge is 0.222 e. The van der Waals surface area contributed by atoms with Gasteiger partial charge in [-0.3, -0.25) is 4.79 Å². The molecule has 0 aromatic heterocycles. The number of hydrogen-bond donors (Lipinski definition) is 0. The van der Waals surface area contributed by atoms with E-state index in [1.54, 1.807) is 0 Å². The third-order valence-corrected chi connectivity index (χ3v) is 3.83. The molecule has 1 aromatic carbocycles. The van der Waals surface area contributed by atoms with E-state index in [2.05, 4.69) is 26.8 Å². The van der Waals surface area contributed by atoms with Gasteiger partial charge in [-0.2, -0.15) is 0 Å². The van der Waals surface area contributed by atoms with Crippen molar-refractivity contribution in [1.82, 2.24) is 4.90 Å². The minimum atomic E-state index is 0.302. The Hall–Kier alpha value is -1.02. The Morgan fingerprint density at radius 3 is 2.67 bits per heavy atom. The van der Waals surface area contributed by atoms with Crippen molar-refractivity contribution in [3.8, 4) is 0 Å². The van der Waals surface area contributed by atoms with Crippen LogP contribution in [0.5, 0.6) is 0 Å². The second kappa shape index (κ2) is 9.83. The van der Waals surface area contributed by atoms with Gasteiger partial charge in [0, 0.05) is 24.5 Å². The maximum Gasteiger partial charge on any atom is 0.222 e. The Morgan fingerprint density at radius 2 is 2.05 bits per heavy atom. The minimum Gasteiger partial charge on any atom is -0.342 e. The molecule has 0 aliphatic carbocycles. The van der Waals surface area contributed by atoms with Gasteiger partial charge in [0.2, 0.25) is 5.91 Å². The zero-order valence-corrected chi connectivity index (χ0v) is 14.3. The molecule has 0 aliphatic heterocycles. The van der Waals surface area contributed by atoms with Crippen molar-refractivity contribution < 1.29 is 4.79 Å². The molecule has 0 heterocycles. The summed E-state index contributed by atoms with van der Waals surface area (Å²) in [6, 6.07) is 8.00. The van der Waals surface area contributed by atoms with Crippen LogP contribution in [0.4, 0.5) is 0 Å². The van der Waals surface area contributed by atoms with E-state index < -0.39 is 0 Å². The van der Waals surface area contributed by atoms with Gasteiger partial charge in [0.05, 0.1) is 0 Å². The Labute approximate surface area is 134 Å². The van der Waals surface area contributed by atoms with Crippen LogP contribution in [-0.2, 0) is 11.2 Å². The molecule has 1 rings (SSSR count). The number of halogens is 1. The third kappa shape index (κ3) is 6.99. The first-order valence-electron chi connectivity index (χ1n) is 8.09. The molecular weight excluding hydrogens is 282 g/mol. The molecule has 0 radical (unpaired) electrons. The van der Waals surface area contributed by atoms with Gasteiger partial charge >= 0.3 is 0 Å². The van der Waals surface area contributed by atoms with Gasteiger partial charge in [-0.15, -0.1) is 0 Å². The SMILES string of the molecule is CCCCC(=O)N(CCC)CC(C)Cc1cccc(Cl)c1. The van der Waals surface area contributed by atoms with Crippen LogP contribution in [0.25, 0.3) is 0 Å². The maximum atomic E-state index is 12.2. The molecule has 0 bridgehead atoms. The van der Waals surface area contributed by atoms with Crippen LogP contribution in [0.1, 0.15) is 52.0 Å². The van der Waals surface area contributed by atoms with Crippen LogP contribution in [0, 0.1) is 5.92 Å². The largest absolute Gasteiger partial charge is 0.342 e. The van der Waals surface area contributed by atoms with Crippen molar-refractivity contribution in [2.24, 2.45) is 5.92 Å². The fourth-order valence-electron chi connectivity index (χ4n) is 2.58. The zero-order valence-electron chi connectivity index (χ0n) is 13.6. The van der Waals surface area contributed by atoms with Gasteiger partial charge in [0.15, 0.2) is 0 Å². The van der Waals surface area contributed by atoms with Crippen molar-refractivity contribution in [2.45, 2.75) is 52.9 Å². The molecule has 0 saturated carbocycles. The van der Waals surface area contributed by atoms with Gasteiger partial charge < -0.3 is 4.90 Å². The molecule has 1 amide bonds. The maximum absolute atomic E-state index is 12.2. The summed E-state index contributed by atoms with van der Waals surface area (Å²) in [5.74, 6) is 0.747.